The Hall–Kier alpha value is -0.430. The molecule has 112 valence electrons. The smallest absolute Gasteiger partial charge is 0.307 e. The maximum atomic E-state index is 11.9. The number of nitrogens with zero attached hydrogens (tertiary/aromatic N) is 2. The standard InChI is InChI=1S/C14H21BrN2O2S/c1-3-19-13(18)10-12(14-11(15)4-9-20-14)17-7-5-16(2)6-8-17/h4,9,12H,3,5-8,10H2,1-2H3. The number of rotatable bonds is 5. The van der Waals surface area contributed by atoms with Crippen molar-refractivity contribution in [2.75, 3.05) is 39.8 Å². The SMILES string of the molecule is CCOC(=O)CC(c1sccc1Br)N1CCN(C)CC1. The van der Waals surface area contributed by atoms with Crippen LogP contribution in [0.2, 0.25) is 0 Å². The highest BCUT2D eigenvalue weighted by molar-refractivity contribution is 9.10. The van der Waals surface area contributed by atoms with E-state index in [1.165, 1.54) is 4.88 Å². The van der Waals surface area contributed by atoms with Gasteiger partial charge in [0.2, 0.25) is 0 Å². The zero-order valence-electron chi connectivity index (χ0n) is 12.0. The van der Waals surface area contributed by atoms with Crippen LogP contribution in [0.25, 0.3) is 0 Å². The lowest BCUT2D eigenvalue weighted by atomic mass is 10.1. The number of carbonyl (C=O) groups excluding carboxylic acids is 1. The van der Waals surface area contributed by atoms with Crippen LogP contribution >= 0.6 is 27.3 Å². The van der Waals surface area contributed by atoms with Crippen molar-refractivity contribution in [3.05, 3.63) is 20.8 Å². The molecule has 4 nitrogen and oxygen atoms in total. The van der Waals surface area contributed by atoms with E-state index in [0.717, 1.165) is 30.7 Å². The minimum atomic E-state index is -0.114. The van der Waals surface area contributed by atoms with Crippen LogP contribution < -0.4 is 0 Å². The molecule has 20 heavy (non-hydrogen) atoms. The molecule has 1 unspecified atom stereocenters. The summed E-state index contributed by atoms with van der Waals surface area (Å²) in [5.41, 5.74) is 0. The number of hydrogen-bond acceptors (Lipinski definition) is 5. The fourth-order valence-corrected chi connectivity index (χ4v) is 4.21. The van der Waals surface area contributed by atoms with Crippen LogP contribution in [0.5, 0.6) is 0 Å². The fourth-order valence-electron chi connectivity index (χ4n) is 2.44. The molecule has 6 heteroatoms. The topological polar surface area (TPSA) is 32.8 Å². The van der Waals surface area contributed by atoms with Crippen molar-refractivity contribution < 1.29 is 9.53 Å². The van der Waals surface area contributed by atoms with Gasteiger partial charge in [0.15, 0.2) is 0 Å². The van der Waals surface area contributed by atoms with Crippen LogP contribution in [0.3, 0.4) is 0 Å². The molecule has 2 heterocycles. The maximum absolute atomic E-state index is 11.9. The van der Waals surface area contributed by atoms with Crippen LogP contribution in [0.1, 0.15) is 24.3 Å². The molecule has 1 aliphatic heterocycles. The molecule has 0 amide bonds. The number of ether oxygens (including phenoxy) is 1. The molecule has 0 saturated carbocycles. The van der Waals surface area contributed by atoms with Gasteiger partial charge in [0, 0.05) is 35.5 Å². The number of carbonyl (C=O) groups is 1. The van der Waals surface area contributed by atoms with Crippen LogP contribution in [-0.2, 0) is 9.53 Å². The summed E-state index contributed by atoms with van der Waals surface area (Å²) >= 11 is 5.30. The molecule has 0 bridgehead atoms. The molecule has 1 atom stereocenters. The molecule has 0 N–H and O–H groups in total. The summed E-state index contributed by atoms with van der Waals surface area (Å²) < 4.78 is 6.23. The van der Waals surface area contributed by atoms with Gasteiger partial charge < -0.3 is 9.64 Å². The van der Waals surface area contributed by atoms with Crippen LogP contribution in [0.4, 0.5) is 0 Å². The highest BCUT2D eigenvalue weighted by atomic mass is 79.9. The Morgan fingerprint density at radius 2 is 2.15 bits per heavy atom. The lowest BCUT2D eigenvalue weighted by Gasteiger charge is -2.37. The zero-order valence-corrected chi connectivity index (χ0v) is 14.4. The first kappa shape index (κ1) is 15.9. The Balaban J connectivity index is 2.12. The average molecular weight is 361 g/mol. The van der Waals surface area contributed by atoms with Gasteiger partial charge in [0.1, 0.15) is 0 Å². The van der Waals surface area contributed by atoms with E-state index in [2.05, 4.69) is 38.2 Å². The van der Waals surface area contributed by atoms with Crippen molar-refractivity contribution in [1.82, 2.24) is 9.80 Å². The summed E-state index contributed by atoms with van der Waals surface area (Å²) in [6.45, 7) is 6.37. The number of esters is 1. The number of thiophene rings is 1. The lowest BCUT2D eigenvalue weighted by molar-refractivity contribution is -0.144. The molecule has 1 aromatic heterocycles. The monoisotopic (exact) mass is 360 g/mol. The Morgan fingerprint density at radius 1 is 1.45 bits per heavy atom. The first-order valence-electron chi connectivity index (χ1n) is 6.93. The van der Waals surface area contributed by atoms with Crippen LogP contribution in [0.15, 0.2) is 15.9 Å². The van der Waals surface area contributed by atoms with Gasteiger partial charge in [-0.25, -0.2) is 0 Å². The zero-order chi connectivity index (χ0) is 14.5. The number of halogens is 1. The van der Waals surface area contributed by atoms with Crippen molar-refractivity contribution in [2.45, 2.75) is 19.4 Å². The molecule has 0 radical (unpaired) electrons. The average Bonchev–Trinajstić information content (AvgIpc) is 2.84. The fraction of sp³-hybridized carbons (Fsp3) is 0.643. The van der Waals surface area contributed by atoms with Crippen molar-refractivity contribution in [3.63, 3.8) is 0 Å². The predicted octanol–water partition coefficient (Wildman–Crippen LogP) is 2.75. The van der Waals surface area contributed by atoms with Gasteiger partial charge in [-0.1, -0.05) is 0 Å². The summed E-state index contributed by atoms with van der Waals surface area (Å²) in [6, 6.07) is 2.17. The lowest BCUT2D eigenvalue weighted by Crippen LogP contribution is -2.46. The molecule has 1 aliphatic rings. The summed E-state index contributed by atoms with van der Waals surface area (Å²) in [5.74, 6) is -0.114. The van der Waals surface area contributed by atoms with Gasteiger partial charge in [-0.05, 0) is 41.3 Å². The van der Waals surface area contributed by atoms with E-state index < -0.39 is 0 Å². The van der Waals surface area contributed by atoms with Crippen LogP contribution in [0, 0.1) is 0 Å². The molecular weight excluding hydrogens is 340 g/mol. The molecule has 0 aliphatic carbocycles. The highest BCUT2D eigenvalue weighted by Crippen LogP contribution is 2.35. The molecule has 1 saturated heterocycles. The van der Waals surface area contributed by atoms with E-state index in [1.807, 2.05) is 13.0 Å². The first-order chi connectivity index (χ1) is 9.61. The van der Waals surface area contributed by atoms with E-state index in [0.29, 0.717) is 13.0 Å². The van der Waals surface area contributed by atoms with Crippen molar-refractivity contribution >= 4 is 33.2 Å². The van der Waals surface area contributed by atoms with Gasteiger partial charge >= 0.3 is 5.97 Å². The number of piperazine rings is 1. The Bertz CT molecular complexity index is 444. The number of hydrogen-bond donors (Lipinski definition) is 0. The third-order valence-electron chi connectivity index (χ3n) is 3.59. The summed E-state index contributed by atoms with van der Waals surface area (Å²) in [6.07, 6.45) is 0.427. The van der Waals surface area contributed by atoms with E-state index >= 15 is 0 Å². The second kappa shape index (κ2) is 7.54. The predicted molar refractivity (Wildman–Crippen MR) is 85.1 cm³/mol. The quantitative estimate of drug-likeness (QED) is 0.755. The van der Waals surface area contributed by atoms with E-state index in [9.17, 15) is 4.79 Å². The first-order valence-corrected chi connectivity index (χ1v) is 8.60. The molecule has 1 aromatic rings. The van der Waals surface area contributed by atoms with Gasteiger partial charge in [-0.15, -0.1) is 11.3 Å². The molecular formula is C14H21BrN2O2S. The summed E-state index contributed by atoms with van der Waals surface area (Å²) in [5, 5.41) is 2.06. The molecule has 0 aromatic carbocycles. The van der Waals surface area contributed by atoms with Crippen LogP contribution in [-0.4, -0.2) is 55.6 Å². The Morgan fingerprint density at radius 3 is 2.70 bits per heavy atom. The largest absolute Gasteiger partial charge is 0.466 e. The van der Waals surface area contributed by atoms with Gasteiger partial charge in [0.25, 0.3) is 0 Å². The molecule has 0 spiro atoms. The van der Waals surface area contributed by atoms with Gasteiger partial charge in [0.05, 0.1) is 19.1 Å². The van der Waals surface area contributed by atoms with Crippen molar-refractivity contribution in [2.24, 2.45) is 0 Å². The summed E-state index contributed by atoms with van der Waals surface area (Å²) in [7, 11) is 2.14. The van der Waals surface area contributed by atoms with Crippen molar-refractivity contribution in [3.8, 4) is 0 Å². The molecule has 2 rings (SSSR count). The second-order valence-electron chi connectivity index (χ2n) is 5.00. The third-order valence-corrected chi connectivity index (χ3v) is 5.56. The second-order valence-corrected chi connectivity index (χ2v) is 6.80. The normalized spacial score (nSPS) is 18.9. The highest BCUT2D eigenvalue weighted by Gasteiger charge is 2.28. The number of likely N-dealkylation sites (N-methyl/N-ethyl adjacent to an activating group) is 1. The molecule has 1 fully saturated rings. The van der Waals surface area contributed by atoms with E-state index in [-0.39, 0.29) is 12.0 Å². The Kier molecular flexibility index (Phi) is 6.01. The van der Waals surface area contributed by atoms with E-state index in [4.69, 9.17) is 4.74 Å². The van der Waals surface area contributed by atoms with Gasteiger partial charge in [-0.2, -0.15) is 0 Å². The third kappa shape index (κ3) is 4.04. The van der Waals surface area contributed by atoms with Crippen molar-refractivity contribution in [1.29, 1.82) is 0 Å². The Labute approximate surface area is 132 Å². The van der Waals surface area contributed by atoms with E-state index in [1.54, 1.807) is 11.3 Å². The minimum Gasteiger partial charge on any atom is -0.466 e. The minimum absolute atomic E-state index is 0.114. The van der Waals surface area contributed by atoms with Gasteiger partial charge in [-0.3, -0.25) is 9.69 Å². The summed E-state index contributed by atoms with van der Waals surface area (Å²) in [4.78, 5) is 17.8. The maximum Gasteiger partial charge on any atom is 0.307 e.